The topological polar surface area (TPSA) is 40.1 Å². The predicted molar refractivity (Wildman–Crippen MR) is 138 cm³/mol. The molecule has 35 heavy (non-hydrogen) atoms. The summed E-state index contributed by atoms with van der Waals surface area (Å²) >= 11 is 57.3. The average Bonchev–Trinajstić information content (AvgIpc) is 2.65. The second-order valence-electron chi connectivity index (χ2n) is 6.19. The SMILES string of the molecule is Clc1cc(Cl)c([S+](c2c(Cl)cc(Cl)cc2Cl)c2c(Cl)cc(Cl)cc2Cl)c(Cl)c1.O=C([O-])C(F)(F)F. The molecule has 0 saturated carbocycles. The molecule has 188 valence electrons. The number of halogens is 12. The Balaban J connectivity index is 0.000000540. The monoisotopic (exact) mass is 682 g/mol. The molecule has 0 aromatic heterocycles. The maximum absolute atomic E-state index is 10.5. The summed E-state index contributed by atoms with van der Waals surface area (Å²) < 4.78 is 31.5. The quantitative estimate of drug-likeness (QED) is 0.258. The number of hydrogen-bond acceptors (Lipinski definition) is 2. The van der Waals surface area contributed by atoms with Gasteiger partial charge in [0.2, 0.25) is 14.7 Å². The van der Waals surface area contributed by atoms with Crippen LogP contribution in [0, 0.1) is 0 Å². The number of hydrogen-bond donors (Lipinski definition) is 0. The highest BCUT2D eigenvalue weighted by atomic mass is 35.5. The van der Waals surface area contributed by atoms with Gasteiger partial charge >= 0.3 is 6.18 Å². The fourth-order valence-electron chi connectivity index (χ4n) is 2.48. The molecule has 0 radical (unpaired) electrons. The Morgan fingerprint density at radius 3 is 0.886 bits per heavy atom. The number of rotatable bonds is 3. The van der Waals surface area contributed by atoms with E-state index in [-0.39, 0.29) is 0 Å². The van der Waals surface area contributed by atoms with Crippen molar-refractivity contribution in [2.45, 2.75) is 20.9 Å². The summed E-state index contributed by atoms with van der Waals surface area (Å²) in [4.78, 5) is 10.3. The lowest BCUT2D eigenvalue weighted by atomic mass is 10.3. The summed E-state index contributed by atoms with van der Waals surface area (Å²) in [6.45, 7) is 0. The number of carboxylic acids is 1. The Bertz CT molecular complexity index is 1080. The third kappa shape index (κ3) is 7.93. The lowest BCUT2D eigenvalue weighted by Gasteiger charge is -2.16. The van der Waals surface area contributed by atoms with E-state index in [2.05, 4.69) is 0 Å². The Kier molecular flexibility index (Phi) is 11.2. The molecule has 3 aromatic carbocycles. The summed E-state index contributed by atoms with van der Waals surface area (Å²) in [7, 11) is -1.08. The molecule has 0 aliphatic carbocycles. The van der Waals surface area contributed by atoms with Crippen LogP contribution in [-0.4, -0.2) is 12.1 Å². The van der Waals surface area contributed by atoms with E-state index in [4.69, 9.17) is 114 Å². The van der Waals surface area contributed by atoms with Crippen LogP contribution in [0.2, 0.25) is 45.2 Å². The summed E-state index contributed by atoms with van der Waals surface area (Å²) in [6.07, 6.45) is -5.19. The standard InChI is InChI=1S/C18H6Cl9S.C2HF3O2/c19-7-1-10(22)16(11(23)2-7)28(17-12(24)3-8(20)4-13(17)25)18-14(26)5-9(21)6-15(18)27;3-2(4,5)1(6)7/h1-6H;(H,6,7)/q+1;/p-1. The van der Waals surface area contributed by atoms with Crippen LogP contribution in [0.15, 0.2) is 51.1 Å². The zero-order valence-corrected chi connectivity index (χ0v) is 23.8. The lowest BCUT2D eigenvalue weighted by molar-refractivity contribution is -0.344. The molecule has 0 aliphatic heterocycles. The zero-order valence-electron chi connectivity index (χ0n) is 16.2. The molecule has 0 saturated heterocycles. The normalized spacial score (nSPS) is 11.3. The van der Waals surface area contributed by atoms with E-state index in [0.717, 1.165) is 0 Å². The summed E-state index contributed by atoms with van der Waals surface area (Å²) in [5, 5.41) is 11.8. The second kappa shape index (κ2) is 12.6. The molecule has 15 heteroatoms. The van der Waals surface area contributed by atoms with Gasteiger partial charge in [-0.2, -0.15) is 13.2 Å². The number of alkyl halides is 3. The van der Waals surface area contributed by atoms with Crippen LogP contribution in [0.4, 0.5) is 13.2 Å². The fourth-order valence-corrected chi connectivity index (χ4v) is 8.45. The molecule has 0 atom stereocenters. The van der Waals surface area contributed by atoms with Crippen molar-refractivity contribution in [3.05, 3.63) is 81.6 Å². The molecular formula is C20H6Cl9F3O2S. The van der Waals surface area contributed by atoms with Gasteiger partial charge in [0.15, 0.2) is 0 Å². The maximum atomic E-state index is 10.5. The molecule has 2 nitrogen and oxygen atoms in total. The molecule has 3 rings (SSSR count). The van der Waals surface area contributed by atoms with Crippen molar-refractivity contribution in [2.24, 2.45) is 0 Å². The van der Waals surface area contributed by atoms with Gasteiger partial charge < -0.3 is 9.90 Å². The van der Waals surface area contributed by atoms with Crippen LogP contribution in [0.5, 0.6) is 0 Å². The minimum absolute atomic E-state index is 0.310. The molecule has 0 unspecified atom stereocenters. The van der Waals surface area contributed by atoms with Crippen molar-refractivity contribution in [3.8, 4) is 0 Å². The van der Waals surface area contributed by atoms with Crippen molar-refractivity contribution in [1.29, 1.82) is 0 Å². The molecule has 0 amide bonds. The van der Waals surface area contributed by atoms with E-state index < -0.39 is 23.0 Å². The summed E-state index contributed by atoms with van der Waals surface area (Å²) in [5.41, 5.74) is 0. The van der Waals surface area contributed by atoms with Gasteiger partial charge in [-0.05, 0) is 36.4 Å². The Hall–Kier alpha value is -0.120. The number of benzene rings is 3. The smallest absolute Gasteiger partial charge is 0.430 e. The molecule has 0 bridgehead atoms. The van der Waals surface area contributed by atoms with Gasteiger partial charge in [0, 0.05) is 15.1 Å². The van der Waals surface area contributed by atoms with Crippen molar-refractivity contribution < 1.29 is 23.1 Å². The molecule has 0 heterocycles. The zero-order chi connectivity index (χ0) is 26.8. The van der Waals surface area contributed by atoms with Crippen molar-refractivity contribution in [1.82, 2.24) is 0 Å². The molecular weight excluding hydrogens is 680 g/mol. The molecule has 0 spiro atoms. The number of aliphatic carboxylic acids is 1. The van der Waals surface area contributed by atoms with Gasteiger partial charge in [-0.25, -0.2) is 0 Å². The highest BCUT2D eigenvalue weighted by Gasteiger charge is 2.41. The number of carboxylic acid groups (broad SMARTS) is 1. The minimum atomic E-state index is -5.19. The highest BCUT2D eigenvalue weighted by Crippen LogP contribution is 2.50. The van der Waals surface area contributed by atoms with Gasteiger partial charge in [-0.1, -0.05) is 104 Å². The minimum Gasteiger partial charge on any atom is -0.542 e. The molecule has 3 aromatic rings. The van der Waals surface area contributed by atoms with Crippen LogP contribution < -0.4 is 5.11 Å². The summed E-state index contributed by atoms with van der Waals surface area (Å²) in [6, 6.07) is 9.42. The van der Waals surface area contributed by atoms with E-state index >= 15 is 0 Å². The highest BCUT2D eigenvalue weighted by molar-refractivity contribution is 7.97. The Morgan fingerprint density at radius 2 is 0.743 bits per heavy atom. The van der Waals surface area contributed by atoms with E-state index in [9.17, 15) is 13.2 Å². The van der Waals surface area contributed by atoms with Gasteiger partial charge in [-0.15, -0.1) is 0 Å². The van der Waals surface area contributed by atoms with Crippen molar-refractivity contribution in [2.75, 3.05) is 0 Å². The van der Waals surface area contributed by atoms with Crippen LogP contribution in [0.25, 0.3) is 0 Å². The first-order valence-corrected chi connectivity index (χ1v) is 13.1. The van der Waals surface area contributed by atoms with E-state index in [0.29, 0.717) is 59.9 Å². The molecule has 0 aliphatic rings. The van der Waals surface area contributed by atoms with Crippen molar-refractivity contribution >= 4 is 121 Å². The number of carbonyl (C=O) groups is 1. The van der Waals surface area contributed by atoms with E-state index in [1.54, 1.807) is 36.4 Å². The maximum Gasteiger partial charge on any atom is 0.430 e. The van der Waals surface area contributed by atoms with Crippen LogP contribution in [-0.2, 0) is 15.7 Å². The van der Waals surface area contributed by atoms with Crippen LogP contribution >= 0.6 is 104 Å². The van der Waals surface area contributed by atoms with Gasteiger partial charge in [0.05, 0.1) is 30.1 Å². The van der Waals surface area contributed by atoms with Crippen molar-refractivity contribution in [3.63, 3.8) is 0 Å². The first kappa shape index (κ1) is 31.1. The third-order valence-electron chi connectivity index (χ3n) is 3.73. The summed E-state index contributed by atoms with van der Waals surface area (Å²) in [5.74, 6) is -3.01. The fraction of sp³-hybridized carbons (Fsp3) is 0.0500. The van der Waals surface area contributed by atoms with Gasteiger partial charge in [0.1, 0.15) is 16.9 Å². The molecule has 0 N–H and O–H groups in total. The van der Waals surface area contributed by atoms with Gasteiger partial charge in [0.25, 0.3) is 0 Å². The predicted octanol–water partition coefficient (Wildman–Crippen LogP) is 9.96. The van der Waals surface area contributed by atoms with Crippen LogP contribution in [0.1, 0.15) is 0 Å². The van der Waals surface area contributed by atoms with Gasteiger partial charge in [-0.3, -0.25) is 0 Å². The first-order chi connectivity index (χ1) is 16.0. The number of carbonyl (C=O) groups excluding carboxylic acids is 1. The Labute approximate surface area is 245 Å². The molecule has 0 fully saturated rings. The van der Waals surface area contributed by atoms with E-state index in [1.807, 2.05) is 0 Å². The van der Waals surface area contributed by atoms with Crippen LogP contribution in [0.3, 0.4) is 0 Å². The van der Waals surface area contributed by atoms with E-state index in [1.165, 1.54) is 0 Å². The first-order valence-electron chi connectivity index (χ1n) is 8.50. The Morgan fingerprint density at radius 1 is 0.571 bits per heavy atom. The largest absolute Gasteiger partial charge is 0.542 e. The lowest BCUT2D eigenvalue weighted by Crippen LogP contribution is -2.37. The average molecular weight is 686 g/mol. The second-order valence-corrected chi connectivity index (χ2v) is 11.8. The third-order valence-corrected chi connectivity index (χ3v) is 9.39.